The predicted molar refractivity (Wildman–Crippen MR) is 138 cm³/mol. The molecule has 1 amide bonds. The third-order valence-corrected chi connectivity index (χ3v) is 5.95. The molecule has 5 rings (SSSR count). The molecule has 5 aromatic rings. The fourth-order valence-corrected chi connectivity index (χ4v) is 4.09. The number of rotatable bonds is 8. The zero-order valence-corrected chi connectivity index (χ0v) is 19.7. The van der Waals surface area contributed by atoms with Gasteiger partial charge in [0.2, 0.25) is 5.88 Å². The summed E-state index contributed by atoms with van der Waals surface area (Å²) in [6.45, 7) is 0.575. The minimum atomic E-state index is -0.142. The number of fused-ring (bicyclic) bond motifs is 1. The number of pyridine rings is 2. The van der Waals surface area contributed by atoms with E-state index in [1.165, 1.54) is 5.56 Å². The number of aromatic nitrogens is 4. The molecule has 8 nitrogen and oxygen atoms in total. The van der Waals surface area contributed by atoms with Gasteiger partial charge >= 0.3 is 0 Å². The van der Waals surface area contributed by atoms with E-state index in [-0.39, 0.29) is 11.7 Å². The number of carbonyl (C=O) groups excluding carboxylic acids is 1. The van der Waals surface area contributed by atoms with Gasteiger partial charge < -0.3 is 20.1 Å². The number of aromatic amines is 1. The van der Waals surface area contributed by atoms with Crippen LogP contribution < -0.4 is 10.1 Å². The van der Waals surface area contributed by atoms with Crippen LogP contribution in [0.3, 0.4) is 0 Å². The average Bonchev–Trinajstić information content (AvgIpc) is 3.35. The van der Waals surface area contributed by atoms with Gasteiger partial charge in [-0.25, -0.2) is 9.97 Å². The lowest BCUT2D eigenvalue weighted by Crippen LogP contribution is -2.24. The summed E-state index contributed by atoms with van der Waals surface area (Å²) in [5.74, 6) is 0.946. The van der Waals surface area contributed by atoms with Gasteiger partial charge in [0, 0.05) is 36.3 Å². The van der Waals surface area contributed by atoms with Crippen molar-refractivity contribution in [3.63, 3.8) is 0 Å². The second-order valence-electron chi connectivity index (χ2n) is 8.32. The van der Waals surface area contributed by atoms with Crippen molar-refractivity contribution in [3.8, 4) is 34.1 Å². The van der Waals surface area contributed by atoms with E-state index in [0.717, 1.165) is 24.0 Å². The summed E-state index contributed by atoms with van der Waals surface area (Å²) in [5.41, 5.74) is 5.32. The number of H-pyrrole nitrogens is 1. The second-order valence-corrected chi connectivity index (χ2v) is 8.32. The normalized spacial score (nSPS) is 10.9. The van der Waals surface area contributed by atoms with E-state index in [1.807, 2.05) is 30.3 Å². The molecule has 3 N–H and O–H groups in total. The van der Waals surface area contributed by atoms with Crippen LogP contribution in [0, 0.1) is 0 Å². The van der Waals surface area contributed by atoms with Crippen molar-refractivity contribution in [2.75, 3.05) is 13.7 Å². The van der Waals surface area contributed by atoms with E-state index in [0.29, 0.717) is 40.4 Å². The van der Waals surface area contributed by atoms with Crippen molar-refractivity contribution in [1.29, 1.82) is 0 Å². The first-order valence-electron chi connectivity index (χ1n) is 11.6. The lowest BCUT2D eigenvalue weighted by Gasteiger charge is -2.09. The number of nitrogens with one attached hydrogen (secondary N) is 2. The van der Waals surface area contributed by atoms with Gasteiger partial charge in [-0.1, -0.05) is 6.07 Å². The summed E-state index contributed by atoms with van der Waals surface area (Å²) < 4.78 is 5.38. The van der Waals surface area contributed by atoms with E-state index >= 15 is 0 Å². The molecule has 0 atom stereocenters. The smallest absolute Gasteiger partial charge is 0.251 e. The summed E-state index contributed by atoms with van der Waals surface area (Å²) in [7, 11) is 1.57. The molecule has 2 aromatic carbocycles. The van der Waals surface area contributed by atoms with Crippen LogP contribution in [-0.4, -0.2) is 44.6 Å². The Morgan fingerprint density at radius 3 is 2.72 bits per heavy atom. The highest BCUT2D eigenvalue weighted by Crippen LogP contribution is 2.35. The topological polar surface area (TPSA) is 113 Å². The number of phenolic OH excluding ortho intramolecular Hbond substituents is 1. The number of ether oxygens (including phenoxy) is 1. The van der Waals surface area contributed by atoms with Gasteiger partial charge in [-0.15, -0.1) is 0 Å². The minimum absolute atomic E-state index is 0.0906. The highest BCUT2D eigenvalue weighted by Gasteiger charge is 2.15. The Bertz CT molecular complexity index is 1510. The van der Waals surface area contributed by atoms with E-state index in [4.69, 9.17) is 4.74 Å². The Balaban J connectivity index is 1.34. The molecule has 3 aromatic heterocycles. The van der Waals surface area contributed by atoms with Gasteiger partial charge in [0.25, 0.3) is 5.91 Å². The Morgan fingerprint density at radius 2 is 1.89 bits per heavy atom. The molecule has 8 heteroatoms. The Labute approximate surface area is 208 Å². The quantitative estimate of drug-likeness (QED) is 0.277. The van der Waals surface area contributed by atoms with Crippen LogP contribution in [-0.2, 0) is 6.42 Å². The summed E-state index contributed by atoms with van der Waals surface area (Å²) in [5, 5.41) is 13.5. The molecule has 0 aliphatic rings. The summed E-state index contributed by atoms with van der Waals surface area (Å²) in [6.07, 6.45) is 6.92. The van der Waals surface area contributed by atoms with Crippen molar-refractivity contribution in [1.82, 2.24) is 25.3 Å². The van der Waals surface area contributed by atoms with Gasteiger partial charge in [-0.05, 0) is 78.6 Å². The molecule has 0 bridgehead atoms. The zero-order chi connectivity index (χ0) is 24.9. The van der Waals surface area contributed by atoms with Crippen molar-refractivity contribution in [3.05, 3.63) is 90.4 Å². The molecule has 0 saturated carbocycles. The molecule has 0 fully saturated rings. The van der Waals surface area contributed by atoms with Crippen molar-refractivity contribution in [2.45, 2.75) is 12.8 Å². The first kappa shape index (κ1) is 23.0. The number of imidazole rings is 1. The van der Waals surface area contributed by atoms with E-state index < -0.39 is 0 Å². The highest BCUT2D eigenvalue weighted by atomic mass is 16.5. The monoisotopic (exact) mass is 479 g/mol. The number of hydrogen-bond donors (Lipinski definition) is 3. The van der Waals surface area contributed by atoms with Crippen LogP contribution in [0.1, 0.15) is 22.3 Å². The Kier molecular flexibility index (Phi) is 6.57. The SMILES string of the molecule is COc1ncccc1-c1ccc(O)c(-c2nc3ccc(C(=O)NCCCc4ccncc4)cc3[nH]2)c1. The summed E-state index contributed by atoms with van der Waals surface area (Å²) >= 11 is 0. The zero-order valence-electron chi connectivity index (χ0n) is 19.7. The maximum absolute atomic E-state index is 12.7. The minimum Gasteiger partial charge on any atom is -0.507 e. The summed E-state index contributed by atoms with van der Waals surface area (Å²) in [6, 6.07) is 18.3. The van der Waals surface area contributed by atoms with Gasteiger partial charge in [-0.2, -0.15) is 0 Å². The largest absolute Gasteiger partial charge is 0.507 e. The standard InChI is InChI=1S/C28H25N5O3/c1-36-28-21(5-3-13-31-28)19-7-9-25(34)22(16-19)26-32-23-8-6-20(17-24(23)33-26)27(35)30-12-2-4-18-10-14-29-15-11-18/h3,5-11,13-17,34H,2,4,12H2,1H3,(H,30,35)(H,32,33). The third kappa shape index (κ3) is 4.88. The summed E-state index contributed by atoms with van der Waals surface area (Å²) in [4.78, 5) is 28.8. The maximum Gasteiger partial charge on any atom is 0.251 e. The molecule has 0 spiro atoms. The fourth-order valence-electron chi connectivity index (χ4n) is 4.09. The molecule has 180 valence electrons. The Morgan fingerprint density at radius 1 is 1.03 bits per heavy atom. The number of phenols is 1. The number of benzene rings is 2. The lowest BCUT2D eigenvalue weighted by molar-refractivity contribution is 0.0953. The molecule has 0 aliphatic carbocycles. The molecule has 0 unspecified atom stereocenters. The van der Waals surface area contributed by atoms with Gasteiger partial charge in [0.1, 0.15) is 11.6 Å². The molecular formula is C28H25N5O3. The van der Waals surface area contributed by atoms with Gasteiger partial charge in [0.05, 0.1) is 23.7 Å². The molecule has 3 heterocycles. The number of aryl methyl sites for hydroxylation is 1. The fraction of sp³-hybridized carbons (Fsp3) is 0.143. The second kappa shape index (κ2) is 10.3. The van der Waals surface area contributed by atoms with Crippen molar-refractivity contribution < 1.29 is 14.6 Å². The average molecular weight is 480 g/mol. The van der Waals surface area contributed by atoms with Crippen LogP contribution in [0.5, 0.6) is 11.6 Å². The molecule has 0 aliphatic heterocycles. The number of nitrogens with zero attached hydrogens (tertiary/aromatic N) is 3. The van der Waals surface area contributed by atoms with Gasteiger partial charge in [0.15, 0.2) is 0 Å². The van der Waals surface area contributed by atoms with Crippen LogP contribution in [0.25, 0.3) is 33.5 Å². The van der Waals surface area contributed by atoms with E-state index in [1.54, 1.807) is 56.0 Å². The Hall–Kier alpha value is -4.72. The molecule has 36 heavy (non-hydrogen) atoms. The first-order valence-corrected chi connectivity index (χ1v) is 11.6. The van der Waals surface area contributed by atoms with Gasteiger partial charge in [-0.3, -0.25) is 9.78 Å². The van der Waals surface area contributed by atoms with Crippen LogP contribution in [0.15, 0.2) is 79.3 Å². The van der Waals surface area contributed by atoms with Crippen LogP contribution in [0.4, 0.5) is 0 Å². The predicted octanol–water partition coefficient (Wildman–Crippen LogP) is 4.76. The molecule has 0 radical (unpaired) electrons. The number of carbonyl (C=O) groups is 1. The number of methoxy groups -OCH3 is 1. The lowest BCUT2D eigenvalue weighted by atomic mass is 10.0. The first-order chi connectivity index (χ1) is 17.6. The van der Waals surface area contributed by atoms with E-state index in [2.05, 4.69) is 25.3 Å². The number of aromatic hydroxyl groups is 1. The van der Waals surface area contributed by atoms with Crippen molar-refractivity contribution >= 4 is 16.9 Å². The van der Waals surface area contributed by atoms with Crippen molar-refractivity contribution in [2.24, 2.45) is 0 Å². The van der Waals surface area contributed by atoms with Crippen LogP contribution >= 0.6 is 0 Å². The number of amides is 1. The molecular weight excluding hydrogens is 454 g/mol. The number of hydrogen-bond acceptors (Lipinski definition) is 6. The third-order valence-electron chi connectivity index (χ3n) is 5.95. The van der Waals surface area contributed by atoms with E-state index in [9.17, 15) is 9.90 Å². The van der Waals surface area contributed by atoms with Crippen LogP contribution in [0.2, 0.25) is 0 Å². The highest BCUT2D eigenvalue weighted by molar-refractivity contribution is 5.97. The maximum atomic E-state index is 12.7. The molecule has 0 saturated heterocycles.